The molecule has 158 valence electrons. The Hall–Kier alpha value is -1.78. The summed E-state index contributed by atoms with van der Waals surface area (Å²) in [6.07, 6.45) is 1.62. The Bertz CT molecular complexity index is 1010. The SMILES string of the molecule is CCOc1cc(/C=C2\SC(=O)N(Cc3c(F)cccc3Cl)C2=O)cc(I)c1OCC. The van der Waals surface area contributed by atoms with E-state index in [1.54, 1.807) is 12.1 Å². The van der Waals surface area contributed by atoms with Gasteiger partial charge in [0.15, 0.2) is 11.5 Å². The van der Waals surface area contributed by atoms with Crippen LogP contribution in [0.15, 0.2) is 35.2 Å². The van der Waals surface area contributed by atoms with E-state index < -0.39 is 17.0 Å². The molecule has 0 aromatic heterocycles. The van der Waals surface area contributed by atoms with Gasteiger partial charge >= 0.3 is 0 Å². The number of nitrogens with zero attached hydrogens (tertiary/aromatic N) is 1. The van der Waals surface area contributed by atoms with Gasteiger partial charge in [-0.1, -0.05) is 17.7 Å². The van der Waals surface area contributed by atoms with Crippen LogP contribution in [0.5, 0.6) is 11.5 Å². The lowest BCUT2D eigenvalue weighted by Crippen LogP contribution is -2.28. The predicted octanol–water partition coefficient (Wildman–Crippen LogP) is 6.12. The van der Waals surface area contributed by atoms with Crippen molar-refractivity contribution in [2.24, 2.45) is 0 Å². The minimum absolute atomic E-state index is 0.108. The molecule has 1 aliphatic rings. The summed E-state index contributed by atoms with van der Waals surface area (Å²) in [5.41, 5.74) is 0.803. The van der Waals surface area contributed by atoms with Gasteiger partial charge in [0, 0.05) is 10.6 Å². The molecule has 0 N–H and O–H groups in total. The summed E-state index contributed by atoms with van der Waals surface area (Å²) in [5, 5.41) is -0.309. The highest BCUT2D eigenvalue weighted by molar-refractivity contribution is 14.1. The van der Waals surface area contributed by atoms with Crippen molar-refractivity contribution in [2.75, 3.05) is 13.2 Å². The number of hydrogen-bond acceptors (Lipinski definition) is 5. The molecular weight excluding hydrogens is 544 g/mol. The van der Waals surface area contributed by atoms with Crippen LogP contribution in [0.25, 0.3) is 6.08 Å². The maximum atomic E-state index is 14.1. The van der Waals surface area contributed by atoms with Crippen molar-refractivity contribution in [3.63, 3.8) is 0 Å². The smallest absolute Gasteiger partial charge is 0.293 e. The molecule has 0 radical (unpaired) electrons. The topological polar surface area (TPSA) is 55.8 Å². The third-order valence-electron chi connectivity index (χ3n) is 4.17. The molecule has 30 heavy (non-hydrogen) atoms. The highest BCUT2D eigenvalue weighted by atomic mass is 127. The molecule has 0 aliphatic carbocycles. The molecule has 9 heteroatoms. The van der Waals surface area contributed by atoms with Gasteiger partial charge in [-0.05, 0) is 84.1 Å². The fourth-order valence-corrected chi connectivity index (χ4v) is 4.69. The molecule has 0 bridgehead atoms. The molecule has 2 amide bonds. The zero-order valence-electron chi connectivity index (χ0n) is 16.2. The lowest BCUT2D eigenvalue weighted by Gasteiger charge is -2.14. The molecule has 5 nitrogen and oxygen atoms in total. The predicted molar refractivity (Wildman–Crippen MR) is 124 cm³/mol. The molecule has 0 atom stereocenters. The van der Waals surface area contributed by atoms with E-state index in [9.17, 15) is 14.0 Å². The first kappa shape index (κ1) is 22.9. The van der Waals surface area contributed by atoms with Crippen LogP contribution >= 0.6 is 46.0 Å². The van der Waals surface area contributed by atoms with Crippen molar-refractivity contribution in [1.82, 2.24) is 4.90 Å². The first-order chi connectivity index (χ1) is 14.3. The highest BCUT2D eigenvalue weighted by Gasteiger charge is 2.36. The third-order valence-corrected chi connectivity index (χ3v) is 6.23. The Morgan fingerprint density at radius 3 is 2.60 bits per heavy atom. The average Bonchev–Trinajstić information content (AvgIpc) is 2.94. The summed E-state index contributed by atoms with van der Waals surface area (Å²) in [6.45, 7) is 4.48. The van der Waals surface area contributed by atoms with Crippen LogP contribution < -0.4 is 9.47 Å². The van der Waals surface area contributed by atoms with Crippen LogP contribution in [-0.4, -0.2) is 29.3 Å². The molecule has 3 rings (SSSR count). The number of hydrogen-bond donors (Lipinski definition) is 0. The molecule has 0 spiro atoms. The van der Waals surface area contributed by atoms with Crippen molar-refractivity contribution >= 4 is 63.2 Å². The Morgan fingerprint density at radius 1 is 1.20 bits per heavy atom. The van der Waals surface area contributed by atoms with Gasteiger partial charge in [-0.25, -0.2) is 4.39 Å². The number of amides is 2. The number of benzene rings is 2. The van der Waals surface area contributed by atoms with E-state index in [2.05, 4.69) is 22.6 Å². The normalized spacial score (nSPS) is 15.2. The van der Waals surface area contributed by atoms with Crippen LogP contribution in [-0.2, 0) is 11.3 Å². The van der Waals surface area contributed by atoms with E-state index >= 15 is 0 Å². The molecule has 1 aliphatic heterocycles. The van der Waals surface area contributed by atoms with Crippen molar-refractivity contribution in [1.29, 1.82) is 0 Å². The van der Waals surface area contributed by atoms with E-state index in [0.717, 1.165) is 20.2 Å². The largest absolute Gasteiger partial charge is 0.490 e. The van der Waals surface area contributed by atoms with Gasteiger partial charge < -0.3 is 9.47 Å². The summed E-state index contributed by atoms with van der Waals surface area (Å²) in [7, 11) is 0. The second-order valence-electron chi connectivity index (χ2n) is 6.16. The van der Waals surface area contributed by atoms with Crippen molar-refractivity contribution in [2.45, 2.75) is 20.4 Å². The molecule has 2 aromatic carbocycles. The summed E-state index contributed by atoms with van der Waals surface area (Å²) < 4.78 is 26.2. The lowest BCUT2D eigenvalue weighted by molar-refractivity contribution is -0.123. The van der Waals surface area contributed by atoms with Crippen LogP contribution in [0.4, 0.5) is 9.18 Å². The summed E-state index contributed by atoms with van der Waals surface area (Å²) in [5.74, 6) is 0.147. The van der Waals surface area contributed by atoms with Crippen LogP contribution in [0, 0.1) is 9.39 Å². The van der Waals surface area contributed by atoms with E-state index in [4.69, 9.17) is 21.1 Å². The highest BCUT2D eigenvalue weighted by Crippen LogP contribution is 2.38. The number of imide groups is 1. The Morgan fingerprint density at radius 2 is 1.93 bits per heavy atom. The molecule has 1 saturated heterocycles. The number of ether oxygens (including phenoxy) is 2. The van der Waals surface area contributed by atoms with Crippen molar-refractivity contribution < 1.29 is 23.5 Å². The van der Waals surface area contributed by atoms with Gasteiger partial charge in [-0.15, -0.1) is 0 Å². The molecule has 2 aromatic rings. The van der Waals surface area contributed by atoms with Gasteiger partial charge in [0.05, 0.1) is 28.2 Å². The monoisotopic (exact) mass is 561 g/mol. The molecule has 1 heterocycles. The second kappa shape index (κ2) is 10.0. The van der Waals surface area contributed by atoms with E-state index in [-0.39, 0.29) is 22.0 Å². The molecular formula is C21H18ClFINO4S. The Balaban J connectivity index is 1.90. The minimum atomic E-state index is -0.562. The summed E-state index contributed by atoms with van der Waals surface area (Å²) in [4.78, 5) is 26.4. The number of halogens is 3. The van der Waals surface area contributed by atoms with Gasteiger partial charge in [0.2, 0.25) is 0 Å². The zero-order valence-corrected chi connectivity index (χ0v) is 19.9. The minimum Gasteiger partial charge on any atom is -0.490 e. The first-order valence-electron chi connectivity index (χ1n) is 9.13. The Kier molecular flexibility index (Phi) is 7.65. The average molecular weight is 562 g/mol. The van der Waals surface area contributed by atoms with Gasteiger partial charge in [-0.2, -0.15) is 0 Å². The second-order valence-corrected chi connectivity index (χ2v) is 8.73. The van der Waals surface area contributed by atoms with E-state index in [1.165, 1.54) is 18.2 Å². The first-order valence-corrected chi connectivity index (χ1v) is 11.4. The lowest BCUT2D eigenvalue weighted by atomic mass is 10.1. The fraction of sp³-hybridized carbons (Fsp3) is 0.238. The van der Waals surface area contributed by atoms with Gasteiger partial charge in [0.25, 0.3) is 11.1 Å². The van der Waals surface area contributed by atoms with Crippen molar-refractivity contribution in [3.05, 3.63) is 60.8 Å². The Labute approximate surface area is 196 Å². The summed E-state index contributed by atoms with van der Waals surface area (Å²) in [6, 6.07) is 7.84. The van der Waals surface area contributed by atoms with Crippen LogP contribution in [0.2, 0.25) is 5.02 Å². The van der Waals surface area contributed by atoms with E-state index in [1.807, 2.05) is 19.9 Å². The van der Waals surface area contributed by atoms with Crippen molar-refractivity contribution in [3.8, 4) is 11.5 Å². The quantitative estimate of drug-likeness (QED) is 0.301. The molecule has 0 saturated carbocycles. The van der Waals surface area contributed by atoms with Crippen LogP contribution in [0.3, 0.4) is 0 Å². The van der Waals surface area contributed by atoms with E-state index in [0.29, 0.717) is 30.3 Å². The zero-order chi connectivity index (χ0) is 21.8. The standard InChI is InChI=1S/C21H18ClFINO4S/c1-3-28-17-9-12(8-16(24)19(17)29-4-2)10-18-20(26)25(21(27)30-18)11-13-14(22)6-5-7-15(13)23/h5-10H,3-4,11H2,1-2H3/b18-10-. The number of thioether (sulfide) groups is 1. The van der Waals surface area contributed by atoms with Crippen LogP contribution in [0.1, 0.15) is 25.0 Å². The maximum absolute atomic E-state index is 14.1. The molecule has 0 unspecified atom stereocenters. The van der Waals surface area contributed by atoms with Gasteiger partial charge in [-0.3, -0.25) is 14.5 Å². The number of carbonyl (C=O) groups excluding carboxylic acids is 2. The molecule has 1 fully saturated rings. The number of carbonyl (C=O) groups is 2. The maximum Gasteiger partial charge on any atom is 0.293 e. The fourth-order valence-electron chi connectivity index (χ4n) is 2.85. The van der Waals surface area contributed by atoms with Gasteiger partial charge in [0.1, 0.15) is 5.82 Å². The summed E-state index contributed by atoms with van der Waals surface area (Å²) >= 11 is 8.98. The third kappa shape index (κ3) is 4.92. The number of rotatable bonds is 7.